The van der Waals surface area contributed by atoms with Crippen LogP contribution < -0.4 is 5.32 Å². The van der Waals surface area contributed by atoms with Gasteiger partial charge in [0, 0.05) is 44.4 Å². The first-order valence-electron chi connectivity index (χ1n) is 9.36. The maximum atomic E-state index is 5.93. The standard InChI is InChI=1S/C18H30N4O2S.HI/c1-14-13-25-17(21-14)7-3-4-8-20-18(19-2)22-9-11-24-16(12-22)15-6-5-10-23-15;/h13,15-16H,3-12H2,1-2H3,(H,19,20);1H. The third-order valence-corrected chi connectivity index (χ3v) is 5.78. The zero-order valence-electron chi connectivity index (χ0n) is 15.8. The maximum absolute atomic E-state index is 5.93. The number of aromatic nitrogens is 1. The molecule has 0 aromatic carbocycles. The first kappa shape index (κ1) is 21.8. The number of nitrogens with one attached hydrogen (secondary N) is 1. The fourth-order valence-electron chi connectivity index (χ4n) is 3.44. The van der Waals surface area contributed by atoms with Gasteiger partial charge in [-0.25, -0.2) is 4.98 Å². The fourth-order valence-corrected chi connectivity index (χ4v) is 4.26. The number of nitrogens with zero attached hydrogens (tertiary/aromatic N) is 3. The van der Waals surface area contributed by atoms with E-state index < -0.39 is 0 Å². The lowest BCUT2D eigenvalue weighted by Crippen LogP contribution is -2.53. The van der Waals surface area contributed by atoms with Crippen LogP contribution in [0.25, 0.3) is 0 Å². The molecule has 0 spiro atoms. The van der Waals surface area contributed by atoms with E-state index in [-0.39, 0.29) is 36.2 Å². The number of aryl methyl sites for hydroxylation is 2. The quantitative estimate of drug-likeness (QED) is 0.285. The van der Waals surface area contributed by atoms with Crippen LogP contribution in [0.2, 0.25) is 0 Å². The molecule has 2 fully saturated rings. The summed E-state index contributed by atoms with van der Waals surface area (Å²) in [5.41, 5.74) is 1.13. The highest BCUT2D eigenvalue weighted by molar-refractivity contribution is 14.0. The number of hydrogen-bond acceptors (Lipinski definition) is 5. The number of rotatable bonds is 6. The van der Waals surface area contributed by atoms with Gasteiger partial charge in [0.2, 0.25) is 0 Å². The highest BCUT2D eigenvalue weighted by Crippen LogP contribution is 2.21. The van der Waals surface area contributed by atoms with Crippen molar-refractivity contribution in [2.24, 2.45) is 4.99 Å². The summed E-state index contributed by atoms with van der Waals surface area (Å²) in [6.07, 6.45) is 6.02. The van der Waals surface area contributed by atoms with Crippen LogP contribution in [0.4, 0.5) is 0 Å². The van der Waals surface area contributed by atoms with Crippen molar-refractivity contribution in [3.8, 4) is 0 Å². The molecule has 26 heavy (non-hydrogen) atoms. The van der Waals surface area contributed by atoms with Gasteiger partial charge in [-0.15, -0.1) is 35.3 Å². The molecular weight excluding hydrogens is 463 g/mol. The lowest BCUT2D eigenvalue weighted by Gasteiger charge is -2.37. The van der Waals surface area contributed by atoms with E-state index in [1.54, 1.807) is 11.3 Å². The molecule has 0 bridgehead atoms. The molecule has 2 aliphatic heterocycles. The molecule has 0 aliphatic carbocycles. The van der Waals surface area contributed by atoms with Gasteiger partial charge in [0.05, 0.1) is 17.7 Å². The lowest BCUT2D eigenvalue weighted by atomic mass is 10.1. The Morgan fingerprint density at radius 1 is 1.35 bits per heavy atom. The Balaban J connectivity index is 0.00000243. The first-order chi connectivity index (χ1) is 12.3. The van der Waals surface area contributed by atoms with Gasteiger partial charge in [0.25, 0.3) is 0 Å². The molecular formula is C18H31IN4O2S. The molecule has 2 aliphatic rings. The third kappa shape index (κ3) is 6.31. The van der Waals surface area contributed by atoms with Crippen LogP contribution >= 0.6 is 35.3 Å². The summed E-state index contributed by atoms with van der Waals surface area (Å²) in [7, 11) is 1.86. The van der Waals surface area contributed by atoms with Crippen molar-refractivity contribution in [3.63, 3.8) is 0 Å². The molecule has 2 unspecified atom stereocenters. The second-order valence-corrected chi connectivity index (χ2v) is 7.66. The van der Waals surface area contributed by atoms with E-state index >= 15 is 0 Å². The molecule has 0 saturated carbocycles. The summed E-state index contributed by atoms with van der Waals surface area (Å²) in [6.45, 7) is 6.37. The normalized spacial score (nSPS) is 23.8. The van der Waals surface area contributed by atoms with Crippen molar-refractivity contribution in [3.05, 3.63) is 16.1 Å². The molecule has 3 heterocycles. The Kier molecular flexibility index (Phi) is 9.58. The fraction of sp³-hybridized carbons (Fsp3) is 0.778. The number of unbranched alkanes of at least 4 members (excludes halogenated alkanes) is 1. The maximum Gasteiger partial charge on any atom is 0.193 e. The van der Waals surface area contributed by atoms with Gasteiger partial charge >= 0.3 is 0 Å². The van der Waals surface area contributed by atoms with E-state index in [0.29, 0.717) is 0 Å². The van der Waals surface area contributed by atoms with E-state index in [1.165, 1.54) is 5.01 Å². The van der Waals surface area contributed by atoms with E-state index in [0.717, 1.165) is 76.6 Å². The highest BCUT2D eigenvalue weighted by atomic mass is 127. The van der Waals surface area contributed by atoms with E-state index in [9.17, 15) is 0 Å². The molecule has 2 atom stereocenters. The Morgan fingerprint density at radius 2 is 2.19 bits per heavy atom. The summed E-state index contributed by atoms with van der Waals surface area (Å²) < 4.78 is 11.7. The smallest absolute Gasteiger partial charge is 0.193 e. The highest BCUT2D eigenvalue weighted by Gasteiger charge is 2.32. The van der Waals surface area contributed by atoms with E-state index in [2.05, 4.69) is 32.5 Å². The van der Waals surface area contributed by atoms with Crippen molar-refractivity contribution in [2.45, 2.75) is 51.2 Å². The predicted molar refractivity (Wildman–Crippen MR) is 117 cm³/mol. The monoisotopic (exact) mass is 494 g/mol. The Labute approximate surface area is 177 Å². The minimum Gasteiger partial charge on any atom is -0.375 e. The molecule has 8 heteroatoms. The topological polar surface area (TPSA) is 59.0 Å². The lowest BCUT2D eigenvalue weighted by molar-refractivity contribution is -0.0816. The Morgan fingerprint density at radius 3 is 2.88 bits per heavy atom. The second-order valence-electron chi connectivity index (χ2n) is 6.72. The van der Waals surface area contributed by atoms with Gasteiger partial charge in [-0.05, 0) is 39.0 Å². The first-order valence-corrected chi connectivity index (χ1v) is 10.2. The van der Waals surface area contributed by atoms with Gasteiger partial charge in [-0.1, -0.05) is 0 Å². The van der Waals surface area contributed by atoms with Crippen molar-refractivity contribution >= 4 is 41.3 Å². The molecule has 1 aromatic rings. The van der Waals surface area contributed by atoms with Gasteiger partial charge < -0.3 is 19.7 Å². The number of guanidine groups is 1. The van der Waals surface area contributed by atoms with Crippen LogP contribution in [0.15, 0.2) is 10.4 Å². The number of hydrogen-bond donors (Lipinski definition) is 1. The van der Waals surface area contributed by atoms with Gasteiger partial charge in [-0.3, -0.25) is 4.99 Å². The molecule has 0 amide bonds. The molecule has 0 radical (unpaired) electrons. The zero-order chi connectivity index (χ0) is 17.5. The van der Waals surface area contributed by atoms with Gasteiger partial charge in [0.1, 0.15) is 6.10 Å². The Bertz CT molecular complexity index is 563. The van der Waals surface area contributed by atoms with Crippen LogP contribution in [0.1, 0.15) is 36.4 Å². The van der Waals surface area contributed by atoms with E-state index in [1.807, 2.05) is 7.05 Å². The summed E-state index contributed by atoms with van der Waals surface area (Å²) in [6, 6.07) is 0. The molecule has 148 valence electrons. The van der Waals surface area contributed by atoms with Crippen LogP contribution in [0.5, 0.6) is 0 Å². The summed E-state index contributed by atoms with van der Waals surface area (Å²) in [5, 5.41) is 6.87. The number of aliphatic imine (C=N–C) groups is 1. The number of halogens is 1. The summed E-state index contributed by atoms with van der Waals surface area (Å²) in [5.74, 6) is 0.983. The van der Waals surface area contributed by atoms with E-state index in [4.69, 9.17) is 9.47 Å². The molecule has 1 N–H and O–H groups in total. The third-order valence-electron chi connectivity index (χ3n) is 4.75. The van der Waals surface area contributed by atoms with Crippen LogP contribution in [-0.4, -0.2) is 67.9 Å². The summed E-state index contributed by atoms with van der Waals surface area (Å²) in [4.78, 5) is 11.3. The average molecular weight is 494 g/mol. The zero-order valence-corrected chi connectivity index (χ0v) is 18.9. The predicted octanol–water partition coefficient (Wildman–Crippen LogP) is 2.85. The SMILES string of the molecule is CN=C(NCCCCc1nc(C)cs1)N1CCOC(C2CCCO2)C1.I. The van der Waals surface area contributed by atoms with Crippen LogP contribution in [-0.2, 0) is 15.9 Å². The largest absolute Gasteiger partial charge is 0.375 e. The molecule has 1 aromatic heterocycles. The van der Waals surface area contributed by atoms with Gasteiger partial charge in [0.15, 0.2) is 5.96 Å². The number of thiazole rings is 1. The number of morpholine rings is 1. The summed E-state index contributed by atoms with van der Waals surface area (Å²) >= 11 is 1.76. The van der Waals surface area contributed by atoms with Crippen molar-refractivity contribution in [1.29, 1.82) is 0 Å². The second kappa shape index (κ2) is 11.4. The molecule has 6 nitrogen and oxygen atoms in total. The van der Waals surface area contributed by atoms with Crippen molar-refractivity contribution in [2.75, 3.05) is 39.9 Å². The minimum absolute atomic E-state index is 0. The molecule has 2 saturated heterocycles. The molecule has 3 rings (SSSR count). The minimum atomic E-state index is 0. The average Bonchev–Trinajstić information content (AvgIpc) is 3.30. The Hall–Kier alpha value is -0.450. The van der Waals surface area contributed by atoms with Gasteiger partial charge in [-0.2, -0.15) is 0 Å². The van der Waals surface area contributed by atoms with Crippen LogP contribution in [0, 0.1) is 6.92 Å². The number of ether oxygens (including phenoxy) is 2. The van der Waals surface area contributed by atoms with Crippen molar-refractivity contribution in [1.82, 2.24) is 15.2 Å². The van der Waals surface area contributed by atoms with Crippen LogP contribution in [0.3, 0.4) is 0 Å². The van der Waals surface area contributed by atoms with Crippen molar-refractivity contribution < 1.29 is 9.47 Å².